The zero-order chi connectivity index (χ0) is 15.0. The van der Waals surface area contributed by atoms with E-state index in [0.717, 1.165) is 30.8 Å². The zero-order valence-electron chi connectivity index (χ0n) is 12.7. The summed E-state index contributed by atoms with van der Waals surface area (Å²) in [5.41, 5.74) is 1.96. The van der Waals surface area contributed by atoms with E-state index in [1.54, 1.807) is 0 Å². The Labute approximate surface area is 121 Å². The van der Waals surface area contributed by atoms with E-state index in [9.17, 15) is 4.79 Å². The van der Waals surface area contributed by atoms with E-state index in [0.29, 0.717) is 12.6 Å². The van der Waals surface area contributed by atoms with Crippen molar-refractivity contribution in [3.05, 3.63) is 35.4 Å². The minimum atomic E-state index is -0.784. The lowest BCUT2D eigenvalue weighted by Crippen LogP contribution is -2.38. The molecule has 4 heteroatoms. The van der Waals surface area contributed by atoms with Gasteiger partial charge in [-0.25, -0.2) is 0 Å². The zero-order valence-corrected chi connectivity index (χ0v) is 12.7. The van der Waals surface area contributed by atoms with Gasteiger partial charge in [0, 0.05) is 19.1 Å². The third-order valence-corrected chi connectivity index (χ3v) is 3.53. The Hall–Kier alpha value is -1.39. The van der Waals surface area contributed by atoms with Crippen LogP contribution < -0.4 is 5.32 Å². The van der Waals surface area contributed by atoms with Crippen LogP contribution in [-0.2, 0) is 17.8 Å². The third-order valence-electron chi connectivity index (χ3n) is 3.53. The topological polar surface area (TPSA) is 52.6 Å². The van der Waals surface area contributed by atoms with E-state index >= 15 is 0 Å². The lowest BCUT2D eigenvalue weighted by Gasteiger charge is -2.23. The van der Waals surface area contributed by atoms with E-state index in [1.807, 2.05) is 24.3 Å². The van der Waals surface area contributed by atoms with Crippen molar-refractivity contribution in [2.75, 3.05) is 19.6 Å². The Morgan fingerprint density at radius 2 is 1.85 bits per heavy atom. The standard InChI is InChI=1S/C16H26N2O2/c1-4-18(5-2)12-13(3)17-11-15-9-7-6-8-14(15)10-16(19)20/h6-9,13,17H,4-5,10-12H2,1-3H3,(H,19,20). The smallest absolute Gasteiger partial charge is 0.307 e. The van der Waals surface area contributed by atoms with Gasteiger partial charge in [0.15, 0.2) is 0 Å². The fraction of sp³-hybridized carbons (Fsp3) is 0.562. The van der Waals surface area contributed by atoms with Gasteiger partial charge in [0.25, 0.3) is 0 Å². The van der Waals surface area contributed by atoms with Crippen LogP contribution in [0.2, 0.25) is 0 Å². The van der Waals surface area contributed by atoms with Crippen molar-refractivity contribution in [2.45, 2.75) is 39.8 Å². The molecule has 0 aliphatic rings. The molecule has 0 saturated carbocycles. The highest BCUT2D eigenvalue weighted by atomic mass is 16.4. The molecule has 4 nitrogen and oxygen atoms in total. The fourth-order valence-electron chi connectivity index (χ4n) is 2.28. The van der Waals surface area contributed by atoms with Crippen LogP contribution in [0.25, 0.3) is 0 Å². The molecule has 1 aromatic carbocycles. The summed E-state index contributed by atoms with van der Waals surface area (Å²) in [4.78, 5) is 13.2. The van der Waals surface area contributed by atoms with Crippen LogP contribution in [0.5, 0.6) is 0 Å². The van der Waals surface area contributed by atoms with Crippen molar-refractivity contribution in [1.29, 1.82) is 0 Å². The van der Waals surface area contributed by atoms with Gasteiger partial charge in [-0.05, 0) is 31.1 Å². The summed E-state index contributed by atoms with van der Waals surface area (Å²) in [6.07, 6.45) is 0.0856. The van der Waals surface area contributed by atoms with Crippen molar-refractivity contribution >= 4 is 5.97 Å². The molecule has 0 fully saturated rings. The summed E-state index contributed by atoms with van der Waals surface area (Å²) >= 11 is 0. The maximum absolute atomic E-state index is 10.9. The molecule has 0 amide bonds. The van der Waals surface area contributed by atoms with Crippen LogP contribution in [0.15, 0.2) is 24.3 Å². The third kappa shape index (κ3) is 5.72. The molecule has 0 bridgehead atoms. The maximum Gasteiger partial charge on any atom is 0.307 e. The second kappa shape index (κ2) is 8.72. The summed E-state index contributed by atoms with van der Waals surface area (Å²) in [5, 5.41) is 12.4. The van der Waals surface area contributed by atoms with Crippen LogP contribution in [0.3, 0.4) is 0 Å². The number of hydrogen-bond donors (Lipinski definition) is 2. The van der Waals surface area contributed by atoms with Crippen molar-refractivity contribution in [3.8, 4) is 0 Å². The molecule has 1 rings (SSSR count). The van der Waals surface area contributed by atoms with Gasteiger partial charge in [-0.2, -0.15) is 0 Å². The monoisotopic (exact) mass is 278 g/mol. The number of likely N-dealkylation sites (N-methyl/N-ethyl adjacent to an activating group) is 1. The van der Waals surface area contributed by atoms with Crippen LogP contribution in [0.1, 0.15) is 31.9 Å². The number of rotatable bonds is 9. The second-order valence-electron chi connectivity index (χ2n) is 5.11. The Morgan fingerprint density at radius 3 is 2.40 bits per heavy atom. The van der Waals surface area contributed by atoms with E-state index in [-0.39, 0.29) is 6.42 Å². The predicted octanol–water partition coefficient (Wildman–Crippen LogP) is 2.13. The lowest BCUT2D eigenvalue weighted by atomic mass is 10.0. The molecular formula is C16H26N2O2. The number of aliphatic carboxylic acids is 1. The van der Waals surface area contributed by atoms with Crippen molar-refractivity contribution in [3.63, 3.8) is 0 Å². The number of hydrogen-bond acceptors (Lipinski definition) is 3. The first-order valence-corrected chi connectivity index (χ1v) is 7.31. The summed E-state index contributed by atoms with van der Waals surface area (Å²) in [5.74, 6) is -0.784. The molecule has 0 heterocycles. The Bertz CT molecular complexity index is 417. The van der Waals surface area contributed by atoms with Gasteiger partial charge >= 0.3 is 5.97 Å². The average Bonchev–Trinajstić information content (AvgIpc) is 2.43. The highest BCUT2D eigenvalue weighted by molar-refractivity contribution is 5.70. The van der Waals surface area contributed by atoms with Crippen LogP contribution >= 0.6 is 0 Å². The molecule has 0 aliphatic carbocycles. The van der Waals surface area contributed by atoms with E-state index in [1.165, 1.54) is 0 Å². The summed E-state index contributed by atoms with van der Waals surface area (Å²) in [7, 11) is 0. The molecule has 112 valence electrons. The van der Waals surface area contributed by atoms with Crippen LogP contribution in [0.4, 0.5) is 0 Å². The molecule has 1 atom stereocenters. The number of benzene rings is 1. The van der Waals surface area contributed by atoms with Gasteiger partial charge in [0.2, 0.25) is 0 Å². The lowest BCUT2D eigenvalue weighted by molar-refractivity contribution is -0.136. The number of nitrogens with one attached hydrogen (secondary N) is 1. The van der Waals surface area contributed by atoms with E-state index in [4.69, 9.17) is 5.11 Å². The van der Waals surface area contributed by atoms with Crippen molar-refractivity contribution < 1.29 is 9.90 Å². The number of carboxylic acid groups (broad SMARTS) is 1. The molecule has 1 aromatic rings. The molecule has 0 saturated heterocycles. The average molecular weight is 278 g/mol. The van der Waals surface area contributed by atoms with E-state index in [2.05, 4.69) is 31.0 Å². The van der Waals surface area contributed by atoms with Gasteiger partial charge < -0.3 is 15.3 Å². The number of carboxylic acids is 1. The molecule has 20 heavy (non-hydrogen) atoms. The molecule has 0 aliphatic heterocycles. The van der Waals surface area contributed by atoms with Crippen LogP contribution in [0, 0.1) is 0 Å². The minimum absolute atomic E-state index is 0.0856. The molecule has 0 radical (unpaired) electrons. The second-order valence-corrected chi connectivity index (χ2v) is 5.11. The Kier molecular flexibility index (Phi) is 7.26. The Morgan fingerprint density at radius 1 is 1.25 bits per heavy atom. The molecule has 2 N–H and O–H groups in total. The quantitative estimate of drug-likeness (QED) is 0.726. The normalized spacial score (nSPS) is 12.6. The Balaban J connectivity index is 2.54. The predicted molar refractivity (Wildman–Crippen MR) is 81.9 cm³/mol. The fourth-order valence-corrected chi connectivity index (χ4v) is 2.28. The molecular weight excluding hydrogens is 252 g/mol. The van der Waals surface area contributed by atoms with E-state index < -0.39 is 5.97 Å². The SMILES string of the molecule is CCN(CC)CC(C)NCc1ccccc1CC(=O)O. The summed E-state index contributed by atoms with van der Waals surface area (Å²) < 4.78 is 0. The first kappa shape index (κ1) is 16.7. The summed E-state index contributed by atoms with van der Waals surface area (Å²) in [6, 6.07) is 8.11. The maximum atomic E-state index is 10.9. The number of carbonyl (C=O) groups is 1. The largest absolute Gasteiger partial charge is 0.481 e. The first-order chi connectivity index (χ1) is 9.56. The molecule has 1 unspecified atom stereocenters. The van der Waals surface area contributed by atoms with Gasteiger partial charge in [0.05, 0.1) is 6.42 Å². The summed E-state index contributed by atoms with van der Waals surface area (Å²) in [6.45, 7) is 10.3. The van der Waals surface area contributed by atoms with Gasteiger partial charge in [0.1, 0.15) is 0 Å². The van der Waals surface area contributed by atoms with Gasteiger partial charge in [-0.3, -0.25) is 4.79 Å². The first-order valence-electron chi connectivity index (χ1n) is 7.31. The minimum Gasteiger partial charge on any atom is -0.481 e. The van der Waals surface area contributed by atoms with Crippen molar-refractivity contribution in [1.82, 2.24) is 10.2 Å². The highest BCUT2D eigenvalue weighted by Gasteiger charge is 2.09. The van der Waals surface area contributed by atoms with Crippen LogP contribution in [-0.4, -0.2) is 41.7 Å². The molecule has 0 aromatic heterocycles. The van der Waals surface area contributed by atoms with Gasteiger partial charge in [-0.15, -0.1) is 0 Å². The number of nitrogens with zero attached hydrogens (tertiary/aromatic N) is 1. The highest BCUT2D eigenvalue weighted by Crippen LogP contribution is 2.10. The molecule has 0 spiro atoms. The van der Waals surface area contributed by atoms with Crippen molar-refractivity contribution in [2.24, 2.45) is 0 Å². The van der Waals surface area contributed by atoms with Gasteiger partial charge in [-0.1, -0.05) is 38.1 Å².